The molecule has 15 heteroatoms. The largest absolute Gasteiger partial charge is 0.462 e. The quantitative estimate of drug-likeness (QED) is 0.176. The Hall–Kier alpha value is -1.76. The molecule has 0 amide bonds. The molecule has 4 heterocycles. The van der Waals surface area contributed by atoms with E-state index >= 15 is 0 Å². The molecule has 15 nitrogen and oxygen atoms in total. The molecule has 0 aromatic carbocycles. The Labute approximate surface area is 341 Å². The summed E-state index contributed by atoms with van der Waals surface area (Å²) >= 11 is 0. The van der Waals surface area contributed by atoms with Crippen LogP contribution in [0.3, 0.4) is 0 Å². The van der Waals surface area contributed by atoms with Gasteiger partial charge in [0, 0.05) is 50.0 Å². The molecule has 328 valence electrons. The van der Waals surface area contributed by atoms with Gasteiger partial charge in [0.2, 0.25) is 0 Å². The highest BCUT2D eigenvalue weighted by atomic mass is 16.7. The van der Waals surface area contributed by atoms with Gasteiger partial charge in [-0.15, -0.1) is 0 Å². The van der Waals surface area contributed by atoms with Crippen LogP contribution in [0.1, 0.15) is 112 Å². The molecule has 4 saturated carbocycles. The second-order valence-electron chi connectivity index (χ2n) is 19.5. The maximum atomic E-state index is 12.8. The van der Waals surface area contributed by atoms with E-state index in [9.17, 15) is 35.1 Å². The number of hydrogen-bond acceptors (Lipinski definition) is 15. The molecule has 4 aliphatic heterocycles. The van der Waals surface area contributed by atoms with Gasteiger partial charge in [-0.2, -0.15) is 0 Å². The van der Waals surface area contributed by atoms with E-state index in [1.165, 1.54) is 13.0 Å². The minimum Gasteiger partial charge on any atom is -0.462 e. The smallest absolute Gasteiger partial charge is 0.331 e. The van der Waals surface area contributed by atoms with E-state index in [4.69, 9.17) is 37.9 Å². The fourth-order valence-electron chi connectivity index (χ4n) is 13.2. The normalized spacial score (nSPS) is 53.2. The Balaban J connectivity index is 0.848. The molecule has 58 heavy (non-hydrogen) atoms. The Morgan fingerprint density at radius 3 is 1.93 bits per heavy atom. The summed E-state index contributed by atoms with van der Waals surface area (Å²) in [6.45, 7) is 11.3. The number of aliphatic hydroxyl groups excluding tert-OH is 4. The van der Waals surface area contributed by atoms with Crippen LogP contribution in [0.2, 0.25) is 0 Å². The third-order valence-electron chi connectivity index (χ3n) is 16.1. The lowest BCUT2D eigenvalue weighted by Gasteiger charge is -2.63. The predicted molar refractivity (Wildman–Crippen MR) is 202 cm³/mol. The molecule has 5 N–H and O–H groups in total. The number of hydrogen-bond donors (Lipinski definition) is 5. The summed E-state index contributed by atoms with van der Waals surface area (Å²) < 4.78 is 48.1. The molecular formula is C43H66O15. The number of aliphatic hydroxyl groups is 5. The maximum Gasteiger partial charge on any atom is 0.331 e. The average molecular weight is 823 g/mol. The number of carbonyl (C=O) groups is 2. The topological polar surface area (TPSA) is 209 Å². The molecule has 0 bridgehead atoms. The zero-order chi connectivity index (χ0) is 41.5. The van der Waals surface area contributed by atoms with Gasteiger partial charge in [-0.25, -0.2) is 4.79 Å². The number of cyclic esters (lactones) is 1. The number of ether oxygens (including phenoxy) is 8. The van der Waals surface area contributed by atoms with Crippen LogP contribution in [0.15, 0.2) is 11.6 Å². The Morgan fingerprint density at radius 1 is 0.759 bits per heavy atom. The molecule has 3 saturated heterocycles. The Morgan fingerprint density at radius 2 is 1.36 bits per heavy atom. The minimum absolute atomic E-state index is 0.00291. The standard InChI is InChI=1S/C43H66O15/c1-20-38(49)29(45)15-35(52-20)57-40-22(3)54-36(17-31(40)47)58-39-21(2)53-34(16-30(39)46)56-26-9-11-41(5)25(14-26)7-8-28-27(41)10-12-42(6)37(24-13-33(48)51-19-24)32(55-23(4)44)18-43(28,42)50/h13,20-22,25-32,34-40,45-47,49-50H,7-12,14-19H2,1-6H3/t20?,21?,22?,25?,26?,27-,28+,29?,30?,31?,32?,34?,35?,36?,37?,38?,39?,40?,41?,42?,43?/m0/s1. The summed E-state index contributed by atoms with van der Waals surface area (Å²) in [7, 11) is 0. The first-order chi connectivity index (χ1) is 27.4. The molecular weight excluding hydrogens is 756 g/mol. The number of esters is 2. The predicted octanol–water partition coefficient (Wildman–Crippen LogP) is 2.79. The molecule has 21 atom stereocenters. The van der Waals surface area contributed by atoms with E-state index in [2.05, 4.69) is 13.8 Å². The van der Waals surface area contributed by atoms with Crippen molar-refractivity contribution in [2.75, 3.05) is 6.61 Å². The highest BCUT2D eigenvalue weighted by Crippen LogP contribution is 2.70. The van der Waals surface area contributed by atoms with E-state index < -0.39 is 90.9 Å². The highest BCUT2D eigenvalue weighted by molar-refractivity contribution is 5.85. The molecule has 8 rings (SSSR count). The van der Waals surface area contributed by atoms with Gasteiger partial charge in [0.15, 0.2) is 18.9 Å². The summed E-state index contributed by atoms with van der Waals surface area (Å²) in [5, 5.41) is 55.4. The van der Waals surface area contributed by atoms with Crippen LogP contribution in [-0.4, -0.2) is 136 Å². The lowest BCUT2D eigenvalue weighted by atomic mass is 9.43. The zero-order valence-corrected chi connectivity index (χ0v) is 34.8. The van der Waals surface area contributed by atoms with Crippen molar-refractivity contribution in [1.29, 1.82) is 0 Å². The first-order valence-electron chi connectivity index (χ1n) is 21.8. The molecule has 0 aromatic heterocycles. The van der Waals surface area contributed by atoms with Gasteiger partial charge in [-0.1, -0.05) is 13.8 Å². The minimum atomic E-state index is -1.05. The van der Waals surface area contributed by atoms with Gasteiger partial charge in [-0.05, 0) is 94.5 Å². The molecule has 0 radical (unpaired) electrons. The molecule has 4 aliphatic carbocycles. The van der Waals surface area contributed by atoms with Gasteiger partial charge in [-0.3, -0.25) is 4.79 Å². The van der Waals surface area contributed by atoms with Gasteiger partial charge in [0.25, 0.3) is 0 Å². The van der Waals surface area contributed by atoms with E-state index in [-0.39, 0.29) is 61.2 Å². The lowest BCUT2D eigenvalue weighted by Crippen LogP contribution is -2.62. The van der Waals surface area contributed by atoms with Crippen molar-refractivity contribution >= 4 is 11.9 Å². The average Bonchev–Trinajstić information content (AvgIpc) is 3.66. The van der Waals surface area contributed by atoms with Crippen molar-refractivity contribution in [3.8, 4) is 0 Å². The summed E-state index contributed by atoms with van der Waals surface area (Å²) in [5.74, 6) is -0.330. The van der Waals surface area contributed by atoms with Gasteiger partial charge < -0.3 is 63.4 Å². The van der Waals surface area contributed by atoms with Crippen LogP contribution in [0.4, 0.5) is 0 Å². The molecule has 0 spiro atoms. The summed E-state index contributed by atoms with van der Waals surface area (Å²) in [5.41, 5.74) is -0.805. The van der Waals surface area contributed by atoms with Crippen molar-refractivity contribution in [3.63, 3.8) is 0 Å². The first-order valence-corrected chi connectivity index (χ1v) is 21.8. The van der Waals surface area contributed by atoms with Crippen LogP contribution in [-0.2, 0) is 47.5 Å². The van der Waals surface area contributed by atoms with Crippen molar-refractivity contribution < 1.29 is 73.0 Å². The van der Waals surface area contributed by atoms with Gasteiger partial charge in [0.1, 0.15) is 31.0 Å². The SMILES string of the molecule is CC(=O)OC1CC2(O)[C@@H]3CCC4CC(OC5CC(O)C(OC6CC(O)C(OC7CC(O)C(O)C(C)O7)C(C)O6)C(C)O5)CCC4(C)[C@H]3CCC2(C)C1C1=CC(=O)OC1. The second-order valence-corrected chi connectivity index (χ2v) is 19.5. The third kappa shape index (κ3) is 7.60. The Bertz CT molecular complexity index is 1520. The van der Waals surface area contributed by atoms with Crippen molar-refractivity contribution in [2.45, 2.75) is 204 Å². The fraction of sp³-hybridized carbons (Fsp3) is 0.907. The van der Waals surface area contributed by atoms with E-state index in [0.29, 0.717) is 18.3 Å². The van der Waals surface area contributed by atoms with Gasteiger partial charge >= 0.3 is 11.9 Å². The molecule has 19 unspecified atom stereocenters. The Kier molecular flexibility index (Phi) is 12.0. The van der Waals surface area contributed by atoms with E-state index in [1.54, 1.807) is 13.8 Å². The van der Waals surface area contributed by atoms with Crippen molar-refractivity contribution in [1.82, 2.24) is 0 Å². The van der Waals surface area contributed by atoms with Gasteiger partial charge in [0.05, 0.1) is 48.3 Å². The second kappa shape index (κ2) is 16.2. The van der Waals surface area contributed by atoms with Crippen molar-refractivity contribution in [2.24, 2.45) is 34.5 Å². The highest BCUT2D eigenvalue weighted by Gasteiger charge is 2.71. The molecule has 8 aliphatic rings. The first kappa shape index (κ1) is 42.9. The monoisotopic (exact) mass is 822 g/mol. The maximum absolute atomic E-state index is 12.8. The summed E-state index contributed by atoms with van der Waals surface area (Å²) in [6, 6.07) is 0. The fourth-order valence-corrected chi connectivity index (χ4v) is 13.2. The van der Waals surface area contributed by atoms with Crippen LogP contribution in [0.5, 0.6) is 0 Å². The van der Waals surface area contributed by atoms with E-state index in [1.807, 2.05) is 6.92 Å². The van der Waals surface area contributed by atoms with E-state index in [0.717, 1.165) is 50.5 Å². The molecule has 7 fully saturated rings. The number of carbonyl (C=O) groups excluding carboxylic acids is 2. The van der Waals surface area contributed by atoms with Crippen LogP contribution >= 0.6 is 0 Å². The zero-order valence-electron chi connectivity index (χ0n) is 34.8. The molecule has 0 aromatic rings. The third-order valence-corrected chi connectivity index (χ3v) is 16.1. The number of fused-ring (bicyclic) bond motifs is 5. The summed E-state index contributed by atoms with van der Waals surface area (Å²) in [6.07, 6.45) is -1.36. The number of rotatable bonds is 8. The van der Waals surface area contributed by atoms with Crippen molar-refractivity contribution in [3.05, 3.63) is 11.6 Å². The summed E-state index contributed by atoms with van der Waals surface area (Å²) in [4.78, 5) is 24.4. The lowest BCUT2D eigenvalue weighted by molar-refractivity contribution is -0.336. The van der Waals surface area contributed by atoms with Crippen LogP contribution in [0, 0.1) is 34.5 Å². The van der Waals surface area contributed by atoms with Crippen LogP contribution in [0.25, 0.3) is 0 Å². The van der Waals surface area contributed by atoms with Crippen LogP contribution < -0.4 is 0 Å².